The first kappa shape index (κ1) is 25.6. The molecule has 4 rings (SSSR count). The van der Waals surface area contributed by atoms with Crippen LogP contribution in [0.4, 0.5) is 5.69 Å². The van der Waals surface area contributed by atoms with Gasteiger partial charge in [0.05, 0.1) is 11.0 Å². The van der Waals surface area contributed by atoms with Gasteiger partial charge in [-0.15, -0.1) is 11.3 Å². The molecule has 0 N–H and O–H groups in total. The zero-order valence-corrected chi connectivity index (χ0v) is 21.7. The van der Waals surface area contributed by atoms with E-state index in [1.54, 1.807) is 22.3 Å². The van der Waals surface area contributed by atoms with Crippen LogP contribution in [-0.2, 0) is 11.2 Å². The normalized spacial score (nSPS) is 15.0. The number of hydrogen-bond acceptors (Lipinski definition) is 5. The molecule has 8 heteroatoms. The maximum Gasteiger partial charge on any atom is 0.270 e. The molecule has 1 aliphatic heterocycles. The zero-order valence-electron chi connectivity index (χ0n) is 20.8. The lowest BCUT2D eigenvalue weighted by Gasteiger charge is -2.38. The van der Waals surface area contributed by atoms with Gasteiger partial charge < -0.3 is 9.80 Å². The number of fused-ring (bicyclic) bond motifs is 1. The van der Waals surface area contributed by atoms with E-state index in [1.807, 2.05) is 17.0 Å². The fraction of sp³-hybridized carbons (Fsp3) is 0.357. The molecule has 1 aromatic heterocycles. The Morgan fingerprint density at radius 1 is 1.14 bits per heavy atom. The minimum absolute atomic E-state index is 0.0733. The molecule has 36 heavy (non-hydrogen) atoms. The second-order valence-electron chi connectivity index (χ2n) is 9.61. The summed E-state index contributed by atoms with van der Waals surface area (Å²) in [6.45, 7) is 7.09. The van der Waals surface area contributed by atoms with Crippen molar-refractivity contribution in [1.29, 1.82) is 0 Å². The van der Waals surface area contributed by atoms with Crippen molar-refractivity contribution in [3.8, 4) is 0 Å². The summed E-state index contributed by atoms with van der Waals surface area (Å²) in [5.41, 5.74) is 3.42. The van der Waals surface area contributed by atoms with Crippen LogP contribution in [0.2, 0.25) is 0 Å². The Bertz CT molecular complexity index is 1270. The second kappa shape index (κ2) is 11.0. The SMILES string of the molecule is Cc1ccccc1C1c2ccsc2CCN1C(=O)CN(CCC(C)C)C(=O)c1cccc([N+](=O)[O-])c1. The van der Waals surface area contributed by atoms with Crippen molar-refractivity contribution in [2.45, 2.75) is 39.7 Å². The number of carbonyl (C=O) groups is 2. The summed E-state index contributed by atoms with van der Waals surface area (Å²) in [5, 5.41) is 13.3. The number of nitro benzene ring substituents is 1. The van der Waals surface area contributed by atoms with Gasteiger partial charge in [0.2, 0.25) is 5.91 Å². The van der Waals surface area contributed by atoms with E-state index in [4.69, 9.17) is 0 Å². The average molecular weight is 506 g/mol. The van der Waals surface area contributed by atoms with E-state index in [0.29, 0.717) is 19.0 Å². The fourth-order valence-corrected chi connectivity index (χ4v) is 5.57. The van der Waals surface area contributed by atoms with E-state index in [2.05, 4.69) is 44.4 Å². The van der Waals surface area contributed by atoms with Crippen molar-refractivity contribution in [2.75, 3.05) is 19.6 Å². The molecule has 0 saturated heterocycles. The molecule has 188 valence electrons. The Balaban J connectivity index is 1.64. The molecule has 1 atom stereocenters. The number of nitro groups is 1. The van der Waals surface area contributed by atoms with Gasteiger partial charge in [-0.05, 0) is 59.9 Å². The van der Waals surface area contributed by atoms with Gasteiger partial charge in [-0.25, -0.2) is 0 Å². The maximum atomic E-state index is 13.8. The van der Waals surface area contributed by atoms with Gasteiger partial charge >= 0.3 is 0 Å². The molecular weight excluding hydrogens is 474 g/mol. The Hall–Kier alpha value is -3.52. The predicted octanol–water partition coefficient (Wildman–Crippen LogP) is 5.63. The first-order valence-electron chi connectivity index (χ1n) is 12.2. The zero-order chi connectivity index (χ0) is 25.8. The van der Waals surface area contributed by atoms with Crippen molar-refractivity contribution in [1.82, 2.24) is 9.80 Å². The van der Waals surface area contributed by atoms with Crippen molar-refractivity contribution < 1.29 is 14.5 Å². The Kier molecular flexibility index (Phi) is 7.84. The van der Waals surface area contributed by atoms with Gasteiger partial charge in [-0.1, -0.05) is 44.2 Å². The molecule has 7 nitrogen and oxygen atoms in total. The smallest absolute Gasteiger partial charge is 0.270 e. The lowest BCUT2D eigenvalue weighted by atomic mass is 9.90. The summed E-state index contributed by atoms with van der Waals surface area (Å²) < 4.78 is 0. The highest BCUT2D eigenvalue weighted by Crippen LogP contribution is 2.39. The minimum atomic E-state index is -0.515. The molecule has 2 amide bonds. The van der Waals surface area contributed by atoms with Crippen LogP contribution in [0.5, 0.6) is 0 Å². The lowest BCUT2D eigenvalue weighted by molar-refractivity contribution is -0.384. The van der Waals surface area contributed by atoms with E-state index in [1.165, 1.54) is 23.1 Å². The quantitative estimate of drug-likeness (QED) is 0.293. The standard InChI is InChI=1S/C28H31N3O4S/c1-19(2)11-14-29(28(33)21-8-6-9-22(17-21)31(34)35)18-26(32)30-15-12-25-24(13-16-36-25)27(30)23-10-5-4-7-20(23)3/h4-10,13,16-17,19,27H,11-12,14-15,18H2,1-3H3. The third kappa shape index (κ3) is 5.49. The minimum Gasteiger partial charge on any atom is -0.330 e. The van der Waals surface area contributed by atoms with E-state index in [0.717, 1.165) is 29.5 Å². The largest absolute Gasteiger partial charge is 0.330 e. The van der Waals surface area contributed by atoms with Gasteiger partial charge in [0.25, 0.3) is 11.6 Å². The third-order valence-corrected chi connectivity index (χ3v) is 7.66. The summed E-state index contributed by atoms with van der Waals surface area (Å²) >= 11 is 1.72. The summed E-state index contributed by atoms with van der Waals surface area (Å²) in [7, 11) is 0. The molecule has 2 heterocycles. The van der Waals surface area contributed by atoms with E-state index in [9.17, 15) is 19.7 Å². The first-order valence-corrected chi connectivity index (χ1v) is 13.1. The number of carbonyl (C=O) groups excluding carboxylic acids is 2. The van der Waals surface area contributed by atoms with Crippen LogP contribution in [0.3, 0.4) is 0 Å². The fourth-order valence-electron chi connectivity index (χ4n) is 4.67. The highest BCUT2D eigenvalue weighted by molar-refractivity contribution is 7.10. The average Bonchev–Trinajstić information content (AvgIpc) is 3.35. The third-order valence-electron chi connectivity index (χ3n) is 6.66. The van der Waals surface area contributed by atoms with Crippen LogP contribution in [-0.4, -0.2) is 46.2 Å². The molecule has 0 aliphatic carbocycles. The second-order valence-corrected chi connectivity index (χ2v) is 10.6. The molecule has 0 radical (unpaired) electrons. The van der Waals surface area contributed by atoms with E-state index in [-0.39, 0.29) is 35.7 Å². The summed E-state index contributed by atoms with van der Waals surface area (Å²) in [6.07, 6.45) is 1.51. The number of nitrogens with zero attached hydrogens (tertiary/aromatic N) is 3. The van der Waals surface area contributed by atoms with Crippen molar-refractivity contribution in [3.05, 3.63) is 97.2 Å². The summed E-state index contributed by atoms with van der Waals surface area (Å²) in [4.78, 5) is 42.7. The monoisotopic (exact) mass is 505 g/mol. The van der Waals surface area contributed by atoms with Crippen molar-refractivity contribution in [2.24, 2.45) is 5.92 Å². The van der Waals surface area contributed by atoms with Crippen LogP contribution < -0.4 is 0 Å². The van der Waals surface area contributed by atoms with Crippen LogP contribution in [0.15, 0.2) is 60.0 Å². The van der Waals surface area contributed by atoms with Crippen molar-refractivity contribution in [3.63, 3.8) is 0 Å². The number of benzene rings is 2. The van der Waals surface area contributed by atoms with Crippen LogP contribution in [0.25, 0.3) is 0 Å². The number of rotatable bonds is 8. The predicted molar refractivity (Wildman–Crippen MR) is 141 cm³/mol. The Morgan fingerprint density at radius 3 is 2.64 bits per heavy atom. The van der Waals surface area contributed by atoms with Gasteiger partial charge in [0, 0.05) is 35.7 Å². The molecule has 0 spiro atoms. The highest BCUT2D eigenvalue weighted by Gasteiger charge is 2.34. The topological polar surface area (TPSA) is 83.8 Å². The maximum absolute atomic E-state index is 13.8. The van der Waals surface area contributed by atoms with Crippen molar-refractivity contribution >= 4 is 28.8 Å². The molecule has 1 unspecified atom stereocenters. The van der Waals surface area contributed by atoms with Crippen LogP contribution in [0, 0.1) is 23.0 Å². The molecule has 2 aromatic carbocycles. The summed E-state index contributed by atoms with van der Waals surface area (Å²) in [5.74, 6) is -0.153. The highest BCUT2D eigenvalue weighted by atomic mass is 32.1. The molecular formula is C28H31N3O4S. The number of thiophene rings is 1. The number of amides is 2. The number of hydrogen-bond donors (Lipinski definition) is 0. The van der Waals surface area contributed by atoms with Crippen LogP contribution in [0.1, 0.15) is 58.2 Å². The Labute approximate surface area is 215 Å². The van der Waals surface area contributed by atoms with Gasteiger partial charge in [-0.3, -0.25) is 19.7 Å². The molecule has 1 aliphatic rings. The first-order chi connectivity index (χ1) is 17.3. The Morgan fingerprint density at radius 2 is 1.92 bits per heavy atom. The van der Waals surface area contributed by atoms with Gasteiger partial charge in [0.1, 0.15) is 6.54 Å². The number of aryl methyl sites for hydroxylation is 1. The number of non-ortho nitro benzene ring substituents is 1. The van der Waals surface area contributed by atoms with E-state index < -0.39 is 4.92 Å². The lowest BCUT2D eigenvalue weighted by Crippen LogP contribution is -2.47. The van der Waals surface area contributed by atoms with Crippen LogP contribution >= 0.6 is 11.3 Å². The molecule has 0 fully saturated rings. The van der Waals surface area contributed by atoms with Gasteiger partial charge in [-0.2, -0.15) is 0 Å². The summed E-state index contributed by atoms with van der Waals surface area (Å²) in [6, 6.07) is 15.7. The van der Waals surface area contributed by atoms with Gasteiger partial charge in [0.15, 0.2) is 0 Å². The molecule has 0 saturated carbocycles. The molecule has 3 aromatic rings. The van der Waals surface area contributed by atoms with E-state index >= 15 is 0 Å². The molecule has 0 bridgehead atoms.